The zero-order valence-corrected chi connectivity index (χ0v) is 24.5. The van der Waals surface area contributed by atoms with E-state index in [-0.39, 0.29) is 25.0 Å². The molecule has 0 atom stereocenters. The van der Waals surface area contributed by atoms with Crippen LogP contribution in [-0.2, 0) is 11.3 Å². The summed E-state index contributed by atoms with van der Waals surface area (Å²) < 4.78 is 12.4. The number of piperazine rings is 3. The van der Waals surface area contributed by atoms with Crippen LogP contribution < -0.4 is 14.1 Å². The number of aromatic nitrogens is 3. The van der Waals surface area contributed by atoms with Crippen molar-refractivity contribution < 1.29 is 24.1 Å². The van der Waals surface area contributed by atoms with Gasteiger partial charge in [-0.3, -0.25) is 14.2 Å². The van der Waals surface area contributed by atoms with Crippen LogP contribution in [0, 0.1) is 15.3 Å². The highest BCUT2D eigenvalue weighted by Gasteiger charge is 2.43. The lowest BCUT2D eigenvalue weighted by Crippen LogP contribution is -2.69. The highest BCUT2D eigenvalue weighted by atomic mass is 16.9. The molecular formula is C29H35N7O7. The number of aldehydes is 1. The smallest absolute Gasteiger partial charge is 0.417 e. The van der Waals surface area contributed by atoms with Gasteiger partial charge in [-0.2, -0.15) is 15.0 Å². The number of quaternary nitrogens is 1. The third-order valence-corrected chi connectivity index (χ3v) is 7.14. The number of carbonyl (C=O) groups is 2. The fraction of sp³-hybridized carbons (Fsp3) is 0.414. The van der Waals surface area contributed by atoms with Crippen molar-refractivity contribution in [2.75, 3.05) is 50.7 Å². The second-order valence-corrected chi connectivity index (χ2v) is 11.3. The Morgan fingerprint density at radius 1 is 1.12 bits per heavy atom. The number of hydrogen-bond donors (Lipinski definition) is 0. The second-order valence-electron chi connectivity index (χ2n) is 11.3. The van der Waals surface area contributed by atoms with Crippen molar-refractivity contribution in [1.29, 1.82) is 0 Å². The molecule has 1 aromatic carbocycles. The number of fused-ring (bicyclic) bond motifs is 4. The summed E-state index contributed by atoms with van der Waals surface area (Å²) in [6.07, 6.45) is 1.84. The van der Waals surface area contributed by atoms with Gasteiger partial charge in [0.1, 0.15) is 12.2 Å². The standard InChI is InChI=1S/C29H35N6O4.NO3/c1-5-11-34(28(37)39-29(2,3)4)27-31-24-23(26(32-27)38-20-21-9-7-6-8-10-21)18-22(19-36)25(30-24)35-15-12-33(13-16-35)14-17-35;2-1(3)4/h5-10,18-19H,1,11-17,20H2,2-4H3;/q+1;-1. The number of benzene rings is 1. The number of amides is 1. The minimum atomic E-state index is -1.75. The van der Waals surface area contributed by atoms with Gasteiger partial charge in [-0.25, -0.2) is 9.69 Å². The first-order valence-electron chi connectivity index (χ1n) is 13.8. The predicted molar refractivity (Wildman–Crippen MR) is 160 cm³/mol. The Labute approximate surface area is 248 Å². The topological polar surface area (TPSA) is 164 Å². The monoisotopic (exact) mass is 593 g/mol. The van der Waals surface area contributed by atoms with Gasteiger partial charge in [0.25, 0.3) is 0 Å². The molecule has 5 heterocycles. The molecule has 3 aliphatic rings. The van der Waals surface area contributed by atoms with Gasteiger partial charge in [-0.05, 0) is 32.4 Å². The lowest BCUT2D eigenvalue weighted by molar-refractivity contribution is -0.402. The third-order valence-electron chi connectivity index (χ3n) is 7.14. The Balaban J connectivity index is 0.000000996. The maximum atomic E-state index is 13.2. The Bertz CT molecular complexity index is 1470. The van der Waals surface area contributed by atoms with E-state index in [4.69, 9.17) is 34.8 Å². The fourth-order valence-corrected chi connectivity index (χ4v) is 5.12. The van der Waals surface area contributed by atoms with Gasteiger partial charge in [0.2, 0.25) is 17.6 Å². The van der Waals surface area contributed by atoms with E-state index in [2.05, 4.69) is 16.5 Å². The van der Waals surface area contributed by atoms with Gasteiger partial charge < -0.3 is 24.8 Å². The van der Waals surface area contributed by atoms with Gasteiger partial charge >= 0.3 is 6.09 Å². The molecule has 43 heavy (non-hydrogen) atoms. The Morgan fingerprint density at radius 2 is 1.74 bits per heavy atom. The van der Waals surface area contributed by atoms with E-state index in [0.717, 1.165) is 51.1 Å². The third kappa shape index (κ3) is 7.59. The molecule has 0 spiro atoms. The first-order chi connectivity index (χ1) is 20.4. The molecule has 14 nitrogen and oxygen atoms in total. The average molecular weight is 594 g/mol. The number of carbonyl (C=O) groups excluding carboxylic acids is 2. The van der Waals surface area contributed by atoms with Crippen molar-refractivity contribution in [2.45, 2.75) is 33.0 Å². The van der Waals surface area contributed by atoms with Crippen LogP contribution in [0.1, 0.15) is 36.7 Å². The number of nitrogens with zero attached hydrogens (tertiary/aromatic N) is 7. The quantitative estimate of drug-likeness (QED) is 0.123. The fourth-order valence-electron chi connectivity index (χ4n) is 5.12. The van der Waals surface area contributed by atoms with Gasteiger partial charge in [0.05, 0.1) is 42.2 Å². The van der Waals surface area contributed by atoms with Crippen LogP contribution in [0.25, 0.3) is 11.0 Å². The van der Waals surface area contributed by atoms with Crippen LogP contribution in [0.3, 0.4) is 0 Å². The van der Waals surface area contributed by atoms with Gasteiger partial charge in [0, 0.05) is 19.6 Å². The number of rotatable bonds is 8. The lowest BCUT2D eigenvalue weighted by Gasteiger charge is -2.49. The van der Waals surface area contributed by atoms with Crippen molar-refractivity contribution in [2.24, 2.45) is 0 Å². The van der Waals surface area contributed by atoms with E-state index in [9.17, 15) is 9.59 Å². The van der Waals surface area contributed by atoms with Crippen LogP contribution in [0.2, 0.25) is 0 Å². The predicted octanol–water partition coefficient (Wildman–Crippen LogP) is 3.74. The molecule has 3 aliphatic heterocycles. The van der Waals surface area contributed by atoms with Crippen molar-refractivity contribution in [3.8, 4) is 5.88 Å². The molecule has 0 N–H and O–H groups in total. The van der Waals surface area contributed by atoms with Crippen molar-refractivity contribution >= 4 is 35.2 Å². The molecule has 1 amide bonds. The molecule has 228 valence electrons. The van der Waals surface area contributed by atoms with E-state index in [0.29, 0.717) is 26.9 Å². The summed E-state index contributed by atoms with van der Waals surface area (Å²) in [6.45, 7) is 15.1. The van der Waals surface area contributed by atoms with E-state index in [1.165, 1.54) is 4.90 Å². The molecule has 2 aromatic heterocycles. The van der Waals surface area contributed by atoms with Gasteiger partial charge in [0.15, 0.2) is 11.9 Å². The minimum absolute atomic E-state index is 0.0977. The summed E-state index contributed by atoms with van der Waals surface area (Å²) in [5.74, 6) is 1.05. The molecule has 3 aromatic rings. The first-order valence-corrected chi connectivity index (χ1v) is 13.8. The van der Waals surface area contributed by atoms with Gasteiger partial charge in [-0.15, -0.1) is 6.58 Å². The molecule has 3 fully saturated rings. The summed E-state index contributed by atoms with van der Waals surface area (Å²) in [5.41, 5.74) is 1.11. The van der Waals surface area contributed by atoms with Crippen LogP contribution in [0.4, 0.5) is 16.6 Å². The summed E-state index contributed by atoms with van der Waals surface area (Å²) in [5, 5.41) is 15.3. The molecule has 6 rings (SSSR count). The molecule has 0 unspecified atom stereocenters. The highest BCUT2D eigenvalue weighted by molar-refractivity contribution is 5.94. The van der Waals surface area contributed by atoms with Crippen LogP contribution in [-0.4, -0.2) is 88.7 Å². The van der Waals surface area contributed by atoms with E-state index in [1.54, 1.807) is 32.9 Å². The van der Waals surface area contributed by atoms with Crippen molar-refractivity contribution in [1.82, 2.24) is 24.3 Å². The number of hydrogen-bond acceptors (Lipinski definition) is 11. The van der Waals surface area contributed by atoms with Crippen molar-refractivity contribution in [3.63, 3.8) is 0 Å². The maximum absolute atomic E-state index is 13.2. The Morgan fingerprint density at radius 3 is 2.30 bits per heavy atom. The van der Waals surface area contributed by atoms with E-state index < -0.39 is 16.8 Å². The highest BCUT2D eigenvalue weighted by Crippen LogP contribution is 2.35. The number of anilines is 1. The molecule has 0 radical (unpaired) electrons. The lowest BCUT2D eigenvalue weighted by atomic mass is 10.1. The number of ether oxygens (including phenoxy) is 2. The molecule has 0 saturated carbocycles. The van der Waals surface area contributed by atoms with Crippen LogP contribution in [0.15, 0.2) is 49.1 Å². The normalized spacial score (nSPS) is 19.1. The molecule has 3 saturated heterocycles. The van der Waals surface area contributed by atoms with E-state index in [1.807, 2.05) is 30.3 Å². The molecule has 0 aliphatic carbocycles. The van der Waals surface area contributed by atoms with E-state index >= 15 is 0 Å². The molecular weight excluding hydrogens is 558 g/mol. The zero-order chi connectivity index (χ0) is 31.2. The second kappa shape index (κ2) is 13.1. The maximum Gasteiger partial charge on any atom is 0.417 e. The number of pyridine rings is 1. The zero-order valence-electron chi connectivity index (χ0n) is 24.5. The Kier molecular flexibility index (Phi) is 9.51. The summed E-state index contributed by atoms with van der Waals surface area (Å²) in [6, 6.07) is 11.5. The average Bonchev–Trinajstić information content (AvgIpc) is 2.98. The van der Waals surface area contributed by atoms with Crippen LogP contribution >= 0.6 is 0 Å². The minimum Gasteiger partial charge on any atom is -0.472 e. The SMILES string of the molecule is C=CCN(C(=O)OC(C)(C)C)c1nc(OCc2ccccc2)c2cc(C=O)c([N+]34CCN(CC3)CC4)nc2n1.O=[N+]([O-])[O-]. The van der Waals surface area contributed by atoms with Crippen LogP contribution in [0.5, 0.6) is 5.88 Å². The molecule has 14 heteroatoms. The van der Waals surface area contributed by atoms with Gasteiger partial charge in [-0.1, -0.05) is 36.4 Å². The summed E-state index contributed by atoms with van der Waals surface area (Å²) >= 11 is 0. The largest absolute Gasteiger partial charge is 0.472 e. The first kappa shape index (κ1) is 31.3. The molecule has 2 bridgehead atoms. The Hall–Kier alpha value is -4.69. The van der Waals surface area contributed by atoms with Crippen molar-refractivity contribution in [3.05, 3.63) is 75.5 Å². The summed E-state index contributed by atoms with van der Waals surface area (Å²) in [4.78, 5) is 51.8. The summed E-state index contributed by atoms with van der Waals surface area (Å²) in [7, 11) is 0.